The van der Waals surface area contributed by atoms with Crippen LogP contribution in [-0.4, -0.2) is 0 Å². The van der Waals surface area contributed by atoms with Crippen LogP contribution < -0.4 is 5.73 Å². The third kappa shape index (κ3) is 2.06. The van der Waals surface area contributed by atoms with Crippen molar-refractivity contribution in [3.05, 3.63) is 70.8 Å². The van der Waals surface area contributed by atoms with E-state index in [1.165, 1.54) is 28.7 Å². The zero-order chi connectivity index (χ0) is 12.5. The SMILES string of the molecule is Cc1ccc(C(N)CC2Cc3ccccc32)cc1. The fraction of sp³-hybridized carbons (Fsp3) is 0.294. The topological polar surface area (TPSA) is 26.0 Å². The van der Waals surface area contributed by atoms with Crippen molar-refractivity contribution in [1.82, 2.24) is 0 Å². The Hall–Kier alpha value is -1.60. The lowest BCUT2D eigenvalue weighted by Crippen LogP contribution is -2.22. The minimum atomic E-state index is 0.156. The smallest absolute Gasteiger partial charge is 0.0300 e. The molecule has 0 bridgehead atoms. The number of rotatable bonds is 3. The summed E-state index contributed by atoms with van der Waals surface area (Å²) in [6.07, 6.45) is 2.25. The fourth-order valence-corrected chi connectivity index (χ4v) is 2.83. The highest BCUT2D eigenvalue weighted by Gasteiger charge is 2.27. The van der Waals surface area contributed by atoms with Gasteiger partial charge in [-0.3, -0.25) is 0 Å². The van der Waals surface area contributed by atoms with E-state index in [9.17, 15) is 0 Å². The summed E-state index contributed by atoms with van der Waals surface area (Å²) in [6.45, 7) is 2.11. The minimum absolute atomic E-state index is 0.156. The Kier molecular flexibility index (Phi) is 2.92. The summed E-state index contributed by atoms with van der Waals surface area (Å²) >= 11 is 0. The second-order valence-electron chi connectivity index (χ2n) is 5.35. The molecule has 0 amide bonds. The number of nitrogens with two attached hydrogens (primary N) is 1. The zero-order valence-corrected chi connectivity index (χ0v) is 10.8. The number of aryl methyl sites for hydroxylation is 1. The summed E-state index contributed by atoms with van der Waals surface area (Å²) in [5.41, 5.74) is 11.9. The molecule has 92 valence electrons. The summed E-state index contributed by atoms with van der Waals surface area (Å²) in [4.78, 5) is 0. The van der Waals surface area contributed by atoms with Gasteiger partial charge in [-0.05, 0) is 42.4 Å². The molecule has 3 rings (SSSR count). The molecule has 1 aliphatic rings. The Labute approximate surface area is 109 Å². The second kappa shape index (κ2) is 4.58. The first kappa shape index (κ1) is 11.5. The maximum atomic E-state index is 6.31. The van der Waals surface area contributed by atoms with Gasteiger partial charge in [0.15, 0.2) is 0 Å². The largest absolute Gasteiger partial charge is 0.324 e. The van der Waals surface area contributed by atoms with Crippen molar-refractivity contribution < 1.29 is 0 Å². The molecule has 0 fully saturated rings. The monoisotopic (exact) mass is 237 g/mol. The normalized spacial score (nSPS) is 18.9. The van der Waals surface area contributed by atoms with Gasteiger partial charge in [-0.1, -0.05) is 54.1 Å². The summed E-state index contributed by atoms with van der Waals surface area (Å²) in [7, 11) is 0. The lowest BCUT2D eigenvalue weighted by Gasteiger charge is -2.32. The van der Waals surface area contributed by atoms with Crippen molar-refractivity contribution in [2.75, 3.05) is 0 Å². The van der Waals surface area contributed by atoms with E-state index < -0.39 is 0 Å². The third-order valence-corrected chi connectivity index (χ3v) is 4.01. The van der Waals surface area contributed by atoms with Gasteiger partial charge in [0.05, 0.1) is 0 Å². The van der Waals surface area contributed by atoms with Gasteiger partial charge in [-0.15, -0.1) is 0 Å². The first-order chi connectivity index (χ1) is 8.74. The standard InChI is InChI=1S/C17H19N/c1-12-6-8-13(9-7-12)17(18)11-15-10-14-4-2-3-5-16(14)15/h2-9,15,17H,10-11,18H2,1H3. The summed E-state index contributed by atoms with van der Waals surface area (Å²) in [6, 6.07) is 17.5. The quantitative estimate of drug-likeness (QED) is 0.865. The van der Waals surface area contributed by atoms with Crippen molar-refractivity contribution in [2.24, 2.45) is 5.73 Å². The predicted octanol–water partition coefficient (Wildman–Crippen LogP) is 3.72. The maximum absolute atomic E-state index is 6.31. The molecule has 0 heterocycles. The van der Waals surface area contributed by atoms with E-state index in [2.05, 4.69) is 55.5 Å². The average Bonchev–Trinajstić information content (AvgIpc) is 2.36. The Bertz CT molecular complexity index is 542. The molecule has 2 unspecified atom stereocenters. The van der Waals surface area contributed by atoms with Crippen LogP contribution in [0.25, 0.3) is 0 Å². The van der Waals surface area contributed by atoms with Gasteiger partial charge in [0.2, 0.25) is 0 Å². The number of benzene rings is 2. The van der Waals surface area contributed by atoms with Gasteiger partial charge in [0.25, 0.3) is 0 Å². The zero-order valence-electron chi connectivity index (χ0n) is 10.8. The molecule has 2 aromatic rings. The first-order valence-electron chi connectivity index (χ1n) is 6.64. The minimum Gasteiger partial charge on any atom is -0.324 e. The van der Waals surface area contributed by atoms with Gasteiger partial charge in [-0.2, -0.15) is 0 Å². The molecule has 0 aliphatic heterocycles. The van der Waals surface area contributed by atoms with Crippen molar-refractivity contribution in [3.8, 4) is 0 Å². The van der Waals surface area contributed by atoms with Crippen LogP contribution in [0.15, 0.2) is 48.5 Å². The summed E-state index contributed by atoms with van der Waals surface area (Å²) in [5, 5.41) is 0. The van der Waals surface area contributed by atoms with Gasteiger partial charge >= 0.3 is 0 Å². The molecule has 2 aromatic carbocycles. The molecule has 2 N–H and O–H groups in total. The molecule has 1 heteroatoms. The van der Waals surface area contributed by atoms with Crippen LogP contribution in [-0.2, 0) is 6.42 Å². The lowest BCUT2D eigenvalue weighted by atomic mass is 9.74. The van der Waals surface area contributed by atoms with Crippen LogP contribution in [0, 0.1) is 6.92 Å². The van der Waals surface area contributed by atoms with E-state index in [1.54, 1.807) is 0 Å². The molecule has 0 spiro atoms. The highest BCUT2D eigenvalue weighted by molar-refractivity contribution is 5.40. The Morgan fingerprint density at radius 1 is 1.11 bits per heavy atom. The molecule has 0 aromatic heterocycles. The molecule has 0 radical (unpaired) electrons. The van der Waals surface area contributed by atoms with Crippen LogP contribution in [0.4, 0.5) is 0 Å². The van der Waals surface area contributed by atoms with E-state index in [4.69, 9.17) is 5.73 Å². The van der Waals surface area contributed by atoms with Crippen LogP contribution in [0.2, 0.25) is 0 Å². The molecular formula is C17H19N. The fourth-order valence-electron chi connectivity index (χ4n) is 2.83. The maximum Gasteiger partial charge on any atom is 0.0300 e. The van der Waals surface area contributed by atoms with Gasteiger partial charge in [0.1, 0.15) is 0 Å². The molecule has 18 heavy (non-hydrogen) atoms. The molecule has 1 aliphatic carbocycles. The highest BCUT2D eigenvalue weighted by Crippen LogP contribution is 2.40. The van der Waals surface area contributed by atoms with E-state index in [-0.39, 0.29) is 6.04 Å². The number of hydrogen-bond acceptors (Lipinski definition) is 1. The van der Waals surface area contributed by atoms with Crippen LogP contribution in [0.5, 0.6) is 0 Å². The second-order valence-corrected chi connectivity index (χ2v) is 5.35. The summed E-state index contributed by atoms with van der Waals surface area (Å²) in [5.74, 6) is 0.650. The van der Waals surface area contributed by atoms with E-state index in [1.807, 2.05) is 0 Å². The number of hydrogen-bond donors (Lipinski definition) is 1. The van der Waals surface area contributed by atoms with E-state index in [0.29, 0.717) is 5.92 Å². The van der Waals surface area contributed by atoms with Crippen molar-refractivity contribution >= 4 is 0 Å². The van der Waals surface area contributed by atoms with E-state index in [0.717, 1.165) is 6.42 Å². The molecular weight excluding hydrogens is 218 g/mol. The van der Waals surface area contributed by atoms with Crippen molar-refractivity contribution in [1.29, 1.82) is 0 Å². The van der Waals surface area contributed by atoms with Gasteiger partial charge < -0.3 is 5.73 Å². The molecule has 2 atom stereocenters. The molecule has 0 saturated heterocycles. The highest BCUT2D eigenvalue weighted by atomic mass is 14.6. The molecule has 0 saturated carbocycles. The van der Waals surface area contributed by atoms with Crippen LogP contribution in [0.3, 0.4) is 0 Å². The Balaban J connectivity index is 1.70. The number of fused-ring (bicyclic) bond motifs is 1. The average molecular weight is 237 g/mol. The third-order valence-electron chi connectivity index (χ3n) is 4.01. The predicted molar refractivity (Wildman–Crippen MR) is 75.6 cm³/mol. The van der Waals surface area contributed by atoms with Gasteiger partial charge in [0, 0.05) is 6.04 Å². The lowest BCUT2D eigenvalue weighted by molar-refractivity contribution is 0.498. The van der Waals surface area contributed by atoms with Crippen molar-refractivity contribution in [2.45, 2.75) is 31.7 Å². The van der Waals surface area contributed by atoms with E-state index >= 15 is 0 Å². The van der Waals surface area contributed by atoms with Crippen molar-refractivity contribution in [3.63, 3.8) is 0 Å². The van der Waals surface area contributed by atoms with Gasteiger partial charge in [-0.25, -0.2) is 0 Å². The first-order valence-corrected chi connectivity index (χ1v) is 6.64. The van der Waals surface area contributed by atoms with Crippen LogP contribution >= 0.6 is 0 Å². The van der Waals surface area contributed by atoms with Crippen LogP contribution in [0.1, 0.15) is 40.6 Å². The Morgan fingerprint density at radius 3 is 2.56 bits per heavy atom. The summed E-state index contributed by atoms with van der Waals surface area (Å²) < 4.78 is 0. The Morgan fingerprint density at radius 2 is 1.83 bits per heavy atom. The molecule has 1 nitrogen and oxygen atoms in total.